The smallest absolute Gasteiger partial charge is 0.138 e. The maximum Gasteiger partial charge on any atom is 0.138 e. The number of aromatic nitrogens is 3. The predicted octanol–water partition coefficient (Wildman–Crippen LogP) is 7.10. The Balaban J connectivity index is 1.03. The molecule has 1 spiro atoms. The fourth-order valence-corrected chi connectivity index (χ4v) is 6.81. The van der Waals surface area contributed by atoms with E-state index in [1.165, 1.54) is 43.5 Å². The number of nitrogens with one attached hydrogen (secondary N) is 3. The molecule has 3 fully saturated rings. The molecule has 0 unspecified atom stereocenters. The second kappa shape index (κ2) is 9.52. The maximum absolute atomic E-state index is 5.54. The fraction of sp³-hybridized carbons (Fsp3) is 0.333. The van der Waals surface area contributed by atoms with Crippen molar-refractivity contribution in [2.45, 2.75) is 38.1 Å². The Kier molecular flexibility index (Phi) is 5.66. The van der Waals surface area contributed by atoms with E-state index < -0.39 is 0 Å². The monoisotopic (exact) mass is 530 g/mol. The van der Waals surface area contributed by atoms with Crippen LogP contribution < -0.4 is 15.5 Å². The molecule has 0 radical (unpaired) electrons. The number of anilines is 4. The van der Waals surface area contributed by atoms with E-state index >= 15 is 0 Å². The molecular formula is C33H34N6O. The fourth-order valence-electron chi connectivity index (χ4n) is 6.81. The van der Waals surface area contributed by atoms with Crippen LogP contribution in [0.5, 0.6) is 0 Å². The minimum atomic E-state index is 0.608. The first-order valence-electron chi connectivity index (χ1n) is 14.6. The molecule has 5 aromatic rings. The molecule has 0 bridgehead atoms. The summed E-state index contributed by atoms with van der Waals surface area (Å²) in [6.07, 6.45) is 8.77. The highest BCUT2D eigenvalue weighted by Crippen LogP contribution is 2.56. The van der Waals surface area contributed by atoms with Crippen LogP contribution in [-0.2, 0) is 4.74 Å². The quantitative estimate of drug-likeness (QED) is 0.217. The molecule has 2 saturated carbocycles. The first kappa shape index (κ1) is 23.8. The van der Waals surface area contributed by atoms with Crippen molar-refractivity contribution in [2.75, 3.05) is 41.8 Å². The van der Waals surface area contributed by atoms with Crippen molar-refractivity contribution >= 4 is 44.7 Å². The molecule has 7 nitrogen and oxygen atoms in total. The number of nitrogens with zero attached hydrogens (tertiary/aromatic N) is 3. The van der Waals surface area contributed by atoms with Gasteiger partial charge in [0.05, 0.1) is 29.8 Å². The minimum Gasteiger partial charge on any atom is -0.382 e. The van der Waals surface area contributed by atoms with Crippen LogP contribution in [0.2, 0.25) is 0 Å². The van der Waals surface area contributed by atoms with Crippen molar-refractivity contribution in [3.63, 3.8) is 0 Å². The van der Waals surface area contributed by atoms with Crippen molar-refractivity contribution in [2.24, 2.45) is 5.41 Å². The van der Waals surface area contributed by atoms with Crippen LogP contribution in [0.25, 0.3) is 33.3 Å². The van der Waals surface area contributed by atoms with Crippen molar-refractivity contribution in [1.82, 2.24) is 15.0 Å². The molecule has 2 aliphatic carbocycles. The Morgan fingerprint density at radius 1 is 0.900 bits per heavy atom. The number of aromatic amines is 1. The topological polar surface area (TPSA) is 78.1 Å². The molecule has 3 aromatic carbocycles. The van der Waals surface area contributed by atoms with E-state index in [9.17, 15) is 0 Å². The number of hydrogen-bond donors (Lipinski definition) is 3. The second-order valence-corrected chi connectivity index (χ2v) is 11.8. The molecule has 3 heterocycles. The van der Waals surface area contributed by atoms with Gasteiger partial charge in [-0.2, -0.15) is 0 Å². The average molecular weight is 531 g/mol. The Hall–Kier alpha value is -4.10. The number of ether oxygens (including phenoxy) is 1. The number of imidazole rings is 1. The summed E-state index contributed by atoms with van der Waals surface area (Å²) in [7, 11) is 0. The standard InChI is InChI=1S/C33H34N6O/c1-3-22(32-37-30-7-5-24(18-31(30)38-32)35-25-20-33(21-25)10-2-11-33)17-23(4-1)36-29-9-12-34-28-8-6-26(19-27(28)29)39-13-15-40-16-14-39/h1,3-9,12,17-19,25,35H,2,10-11,13-16,20-21H2,(H,34,36)(H,37,38). The van der Waals surface area contributed by atoms with Gasteiger partial charge in [-0.1, -0.05) is 18.6 Å². The Labute approximate surface area is 234 Å². The third-order valence-electron chi connectivity index (χ3n) is 9.14. The predicted molar refractivity (Wildman–Crippen MR) is 163 cm³/mol. The van der Waals surface area contributed by atoms with Crippen molar-refractivity contribution in [1.29, 1.82) is 0 Å². The number of hydrogen-bond acceptors (Lipinski definition) is 6. The molecule has 2 aromatic heterocycles. The van der Waals surface area contributed by atoms with Gasteiger partial charge in [-0.15, -0.1) is 0 Å². The van der Waals surface area contributed by atoms with Gasteiger partial charge in [-0.3, -0.25) is 4.98 Å². The van der Waals surface area contributed by atoms with Gasteiger partial charge in [0.2, 0.25) is 0 Å². The lowest BCUT2D eigenvalue weighted by molar-refractivity contribution is 0.0192. The van der Waals surface area contributed by atoms with Crippen LogP contribution in [-0.4, -0.2) is 47.3 Å². The number of fused-ring (bicyclic) bond motifs is 2. The SMILES string of the molecule is c1cc(Nc2ccnc3ccc(N4CCOCC4)cc23)cc(-c2nc3ccc(NC4CC5(CCC5)C4)cc3[nH]2)c1. The Morgan fingerprint density at radius 2 is 1.77 bits per heavy atom. The number of morpholine rings is 1. The van der Waals surface area contributed by atoms with Crippen molar-refractivity contribution < 1.29 is 4.74 Å². The summed E-state index contributed by atoms with van der Waals surface area (Å²) in [5.74, 6) is 0.877. The zero-order chi connectivity index (χ0) is 26.5. The van der Waals surface area contributed by atoms with Gasteiger partial charge < -0.3 is 25.3 Å². The molecule has 0 amide bonds. The van der Waals surface area contributed by atoms with E-state index in [2.05, 4.69) is 86.2 Å². The minimum absolute atomic E-state index is 0.608. The molecule has 8 rings (SSSR count). The van der Waals surface area contributed by atoms with Crippen LogP contribution in [0.15, 0.2) is 72.9 Å². The highest BCUT2D eigenvalue weighted by Gasteiger charge is 2.47. The zero-order valence-corrected chi connectivity index (χ0v) is 22.6. The zero-order valence-electron chi connectivity index (χ0n) is 22.6. The maximum atomic E-state index is 5.54. The highest BCUT2D eigenvalue weighted by molar-refractivity contribution is 5.95. The van der Waals surface area contributed by atoms with Crippen LogP contribution in [0.3, 0.4) is 0 Å². The third-order valence-corrected chi connectivity index (χ3v) is 9.14. The van der Waals surface area contributed by atoms with E-state index in [0.717, 1.165) is 71.0 Å². The van der Waals surface area contributed by atoms with Gasteiger partial charge in [0.15, 0.2) is 0 Å². The molecule has 202 valence electrons. The van der Waals surface area contributed by atoms with E-state index in [1.54, 1.807) is 0 Å². The number of rotatable bonds is 6. The van der Waals surface area contributed by atoms with Gasteiger partial charge in [0.25, 0.3) is 0 Å². The molecule has 3 N–H and O–H groups in total. The lowest BCUT2D eigenvalue weighted by Gasteiger charge is -2.54. The normalized spacial score (nSPS) is 18.6. The van der Waals surface area contributed by atoms with Crippen molar-refractivity contribution in [3.05, 3.63) is 72.9 Å². The molecule has 7 heteroatoms. The Morgan fingerprint density at radius 3 is 2.62 bits per heavy atom. The summed E-state index contributed by atoms with van der Waals surface area (Å²) in [6, 6.07) is 24.1. The van der Waals surface area contributed by atoms with Gasteiger partial charge in [0, 0.05) is 59.0 Å². The first-order valence-corrected chi connectivity index (χ1v) is 14.6. The highest BCUT2D eigenvalue weighted by atomic mass is 16.5. The molecule has 1 saturated heterocycles. The summed E-state index contributed by atoms with van der Waals surface area (Å²) in [4.78, 5) is 15.4. The summed E-state index contributed by atoms with van der Waals surface area (Å²) in [6.45, 7) is 3.35. The molecule has 1 aliphatic heterocycles. The van der Waals surface area contributed by atoms with Crippen molar-refractivity contribution in [3.8, 4) is 11.4 Å². The summed E-state index contributed by atoms with van der Waals surface area (Å²) < 4.78 is 5.54. The van der Waals surface area contributed by atoms with Crippen LogP contribution in [0.4, 0.5) is 22.7 Å². The third kappa shape index (κ3) is 4.34. The largest absolute Gasteiger partial charge is 0.382 e. The summed E-state index contributed by atoms with van der Waals surface area (Å²) in [5, 5.41) is 8.50. The molecular weight excluding hydrogens is 496 g/mol. The first-order chi connectivity index (χ1) is 19.7. The molecule has 3 aliphatic rings. The summed E-state index contributed by atoms with van der Waals surface area (Å²) in [5.41, 5.74) is 9.19. The van der Waals surface area contributed by atoms with Gasteiger partial charge in [0.1, 0.15) is 5.82 Å². The van der Waals surface area contributed by atoms with Gasteiger partial charge in [-0.05, 0) is 85.7 Å². The lowest BCUT2D eigenvalue weighted by Crippen LogP contribution is -2.49. The van der Waals surface area contributed by atoms with Crippen LogP contribution >= 0.6 is 0 Å². The van der Waals surface area contributed by atoms with E-state index in [-0.39, 0.29) is 0 Å². The van der Waals surface area contributed by atoms with Crippen LogP contribution in [0, 0.1) is 5.41 Å². The molecule has 0 atom stereocenters. The number of benzene rings is 3. The van der Waals surface area contributed by atoms with E-state index in [4.69, 9.17) is 9.72 Å². The molecule has 40 heavy (non-hydrogen) atoms. The van der Waals surface area contributed by atoms with Crippen LogP contribution in [0.1, 0.15) is 32.1 Å². The Bertz CT molecular complexity index is 1690. The number of pyridine rings is 1. The van der Waals surface area contributed by atoms with Gasteiger partial charge in [-0.25, -0.2) is 4.98 Å². The number of H-pyrrole nitrogens is 1. The van der Waals surface area contributed by atoms with E-state index in [1.807, 2.05) is 12.3 Å². The van der Waals surface area contributed by atoms with E-state index in [0.29, 0.717) is 11.5 Å². The lowest BCUT2D eigenvalue weighted by atomic mass is 9.54. The van der Waals surface area contributed by atoms with Gasteiger partial charge >= 0.3 is 0 Å². The summed E-state index contributed by atoms with van der Waals surface area (Å²) >= 11 is 0. The second-order valence-electron chi connectivity index (χ2n) is 11.8. The average Bonchev–Trinajstić information content (AvgIpc) is 3.38.